The average Bonchev–Trinajstić information content (AvgIpc) is 2.44. The number of hydrogen-bond donors (Lipinski definition) is 3. The van der Waals surface area contributed by atoms with Crippen LogP contribution in [0.2, 0.25) is 0 Å². The lowest BCUT2D eigenvalue weighted by atomic mass is 9.83. The summed E-state index contributed by atoms with van der Waals surface area (Å²) in [4.78, 5) is 0. The smallest absolute Gasteiger partial charge is 0.144 e. The largest absolute Gasteiger partial charge is 0.409 e. The Morgan fingerprint density at radius 2 is 1.95 bits per heavy atom. The molecule has 4 nitrogen and oxygen atoms in total. The van der Waals surface area contributed by atoms with Crippen LogP contribution in [0.15, 0.2) is 5.16 Å². The number of amidine groups is 1. The van der Waals surface area contributed by atoms with Gasteiger partial charge in [-0.05, 0) is 51.0 Å². The number of hydrogen-bond acceptors (Lipinski definition) is 3. The zero-order valence-electron chi connectivity index (χ0n) is 13.5. The summed E-state index contributed by atoms with van der Waals surface area (Å²) in [5, 5.41) is 15.5. The average molecular weight is 283 g/mol. The highest BCUT2D eigenvalue weighted by Gasteiger charge is 2.23. The summed E-state index contributed by atoms with van der Waals surface area (Å²) in [5.74, 6) is 1.30. The minimum Gasteiger partial charge on any atom is -0.409 e. The fraction of sp³-hybridized carbons (Fsp3) is 0.938. The van der Waals surface area contributed by atoms with Gasteiger partial charge in [0.05, 0.1) is 0 Å². The van der Waals surface area contributed by atoms with Gasteiger partial charge in [-0.1, -0.05) is 38.8 Å². The van der Waals surface area contributed by atoms with E-state index in [2.05, 4.69) is 17.4 Å². The lowest BCUT2D eigenvalue weighted by Gasteiger charge is -2.29. The van der Waals surface area contributed by atoms with Crippen LogP contribution in [0.4, 0.5) is 0 Å². The summed E-state index contributed by atoms with van der Waals surface area (Å²) >= 11 is 0. The van der Waals surface area contributed by atoms with Crippen molar-refractivity contribution in [3.63, 3.8) is 0 Å². The predicted molar refractivity (Wildman–Crippen MR) is 85.1 cm³/mol. The maximum Gasteiger partial charge on any atom is 0.144 e. The first-order valence-corrected chi connectivity index (χ1v) is 8.21. The Morgan fingerprint density at radius 1 is 1.30 bits per heavy atom. The van der Waals surface area contributed by atoms with E-state index in [9.17, 15) is 0 Å². The molecule has 0 radical (unpaired) electrons. The number of oxime groups is 1. The first kappa shape index (κ1) is 17.3. The summed E-state index contributed by atoms with van der Waals surface area (Å²) in [5.41, 5.74) is 5.49. The van der Waals surface area contributed by atoms with E-state index in [4.69, 9.17) is 10.9 Å². The minimum absolute atomic E-state index is 0.213. The van der Waals surface area contributed by atoms with Crippen molar-refractivity contribution in [2.75, 3.05) is 6.54 Å². The molecule has 0 heterocycles. The number of rotatable bonds is 8. The number of nitrogens with one attached hydrogen (secondary N) is 1. The van der Waals surface area contributed by atoms with E-state index < -0.39 is 0 Å². The molecule has 0 spiro atoms. The summed E-state index contributed by atoms with van der Waals surface area (Å²) in [6.45, 7) is 7.37. The fourth-order valence-electron chi connectivity index (χ4n) is 3.16. The minimum atomic E-state index is -0.213. The van der Waals surface area contributed by atoms with Gasteiger partial charge >= 0.3 is 0 Å². The third-order valence-corrected chi connectivity index (χ3v) is 4.76. The lowest BCUT2D eigenvalue weighted by Crippen LogP contribution is -2.36. The van der Waals surface area contributed by atoms with E-state index in [1.807, 2.05) is 13.8 Å². The maximum atomic E-state index is 8.75. The van der Waals surface area contributed by atoms with Gasteiger partial charge in [-0.15, -0.1) is 0 Å². The van der Waals surface area contributed by atoms with Crippen molar-refractivity contribution in [3.05, 3.63) is 0 Å². The van der Waals surface area contributed by atoms with E-state index in [0.29, 0.717) is 11.9 Å². The molecule has 1 saturated carbocycles. The molecule has 0 bridgehead atoms. The standard InChI is InChI=1S/C16H33N3O/c1-4-6-13-7-9-14(10-8-13)18-12-5-11-16(2,3)15(17)19-20/h13-14,18,20H,4-12H2,1-3H3,(H2,17,19). The van der Waals surface area contributed by atoms with Crippen LogP contribution in [0.3, 0.4) is 0 Å². The van der Waals surface area contributed by atoms with E-state index in [1.165, 1.54) is 38.5 Å². The topological polar surface area (TPSA) is 70.6 Å². The van der Waals surface area contributed by atoms with E-state index in [-0.39, 0.29) is 5.41 Å². The number of nitrogens with zero attached hydrogens (tertiary/aromatic N) is 1. The first-order valence-electron chi connectivity index (χ1n) is 8.21. The van der Waals surface area contributed by atoms with Crippen molar-refractivity contribution in [2.45, 2.75) is 78.2 Å². The third-order valence-electron chi connectivity index (χ3n) is 4.76. The highest BCUT2D eigenvalue weighted by atomic mass is 16.4. The van der Waals surface area contributed by atoms with Gasteiger partial charge in [0.2, 0.25) is 0 Å². The van der Waals surface area contributed by atoms with Gasteiger partial charge in [0.15, 0.2) is 0 Å². The Bertz CT molecular complexity index is 294. The van der Waals surface area contributed by atoms with Crippen molar-refractivity contribution in [1.82, 2.24) is 5.32 Å². The summed E-state index contributed by atoms with van der Waals surface area (Å²) < 4.78 is 0. The predicted octanol–water partition coefficient (Wildman–Crippen LogP) is 3.49. The van der Waals surface area contributed by atoms with Gasteiger partial charge in [-0.2, -0.15) is 0 Å². The first-order chi connectivity index (χ1) is 9.49. The van der Waals surface area contributed by atoms with Gasteiger partial charge < -0.3 is 16.3 Å². The SMILES string of the molecule is CCCC1CCC(NCCCC(C)(C)C(N)=NO)CC1. The van der Waals surface area contributed by atoms with Gasteiger partial charge in [0, 0.05) is 11.5 Å². The van der Waals surface area contributed by atoms with Crippen LogP contribution in [0.25, 0.3) is 0 Å². The third kappa shape index (κ3) is 5.70. The molecule has 118 valence electrons. The van der Waals surface area contributed by atoms with Crippen molar-refractivity contribution in [1.29, 1.82) is 0 Å². The fourth-order valence-corrected chi connectivity index (χ4v) is 3.16. The molecule has 0 unspecified atom stereocenters. The molecule has 1 aliphatic rings. The van der Waals surface area contributed by atoms with Crippen LogP contribution >= 0.6 is 0 Å². The van der Waals surface area contributed by atoms with Gasteiger partial charge in [0.1, 0.15) is 5.84 Å². The van der Waals surface area contributed by atoms with Crippen LogP contribution < -0.4 is 11.1 Å². The van der Waals surface area contributed by atoms with Crippen molar-refractivity contribution in [3.8, 4) is 0 Å². The second-order valence-electron chi connectivity index (χ2n) is 6.93. The second kappa shape index (κ2) is 8.50. The van der Waals surface area contributed by atoms with Crippen LogP contribution in [0, 0.1) is 11.3 Å². The second-order valence-corrected chi connectivity index (χ2v) is 6.93. The quantitative estimate of drug-likeness (QED) is 0.210. The molecule has 1 aliphatic carbocycles. The molecule has 0 aromatic heterocycles. The molecule has 1 fully saturated rings. The molecule has 0 aliphatic heterocycles. The summed E-state index contributed by atoms with van der Waals surface area (Å²) in [6, 6.07) is 0.704. The normalized spacial score (nSPS) is 24.9. The van der Waals surface area contributed by atoms with Crippen LogP contribution in [0.1, 0.15) is 72.1 Å². The monoisotopic (exact) mass is 283 g/mol. The highest BCUT2D eigenvalue weighted by Crippen LogP contribution is 2.28. The van der Waals surface area contributed by atoms with Crippen molar-refractivity contribution in [2.24, 2.45) is 22.2 Å². The number of nitrogens with two attached hydrogens (primary N) is 1. The van der Waals surface area contributed by atoms with Crippen LogP contribution in [-0.4, -0.2) is 23.6 Å². The molecular weight excluding hydrogens is 250 g/mol. The zero-order chi connectivity index (χ0) is 15.0. The molecule has 1 rings (SSSR count). The van der Waals surface area contributed by atoms with Gasteiger partial charge in [-0.25, -0.2) is 0 Å². The maximum absolute atomic E-state index is 8.75. The molecule has 0 atom stereocenters. The molecule has 20 heavy (non-hydrogen) atoms. The van der Waals surface area contributed by atoms with Crippen molar-refractivity contribution < 1.29 is 5.21 Å². The van der Waals surface area contributed by atoms with E-state index in [1.54, 1.807) is 0 Å². The highest BCUT2D eigenvalue weighted by molar-refractivity contribution is 5.85. The Kier molecular flexibility index (Phi) is 7.35. The lowest BCUT2D eigenvalue weighted by molar-refractivity contribution is 0.274. The molecule has 4 N–H and O–H groups in total. The van der Waals surface area contributed by atoms with E-state index in [0.717, 1.165) is 25.3 Å². The molecule has 4 heteroatoms. The zero-order valence-corrected chi connectivity index (χ0v) is 13.5. The molecular formula is C16H33N3O. The Morgan fingerprint density at radius 3 is 2.50 bits per heavy atom. The molecule has 0 aromatic rings. The summed E-state index contributed by atoms with van der Waals surface area (Å²) in [7, 11) is 0. The summed E-state index contributed by atoms with van der Waals surface area (Å²) in [6.07, 6.45) is 10.2. The van der Waals surface area contributed by atoms with Gasteiger partial charge in [0.25, 0.3) is 0 Å². The Labute approximate surface area is 124 Å². The van der Waals surface area contributed by atoms with Crippen molar-refractivity contribution >= 4 is 5.84 Å². The molecule has 0 amide bonds. The van der Waals surface area contributed by atoms with Gasteiger partial charge in [-0.3, -0.25) is 0 Å². The molecule has 0 aromatic carbocycles. The Balaban J connectivity index is 2.14. The van der Waals surface area contributed by atoms with Crippen LogP contribution in [-0.2, 0) is 0 Å². The van der Waals surface area contributed by atoms with E-state index >= 15 is 0 Å². The Hall–Kier alpha value is -0.770. The molecule has 0 saturated heterocycles. The van der Waals surface area contributed by atoms with Crippen LogP contribution in [0.5, 0.6) is 0 Å².